The number of likely N-dealkylation sites (tertiary alicyclic amines) is 1. The van der Waals surface area contributed by atoms with E-state index in [2.05, 4.69) is 20.6 Å². The minimum Gasteiger partial charge on any atom is -0.345 e. The van der Waals surface area contributed by atoms with Crippen LogP contribution in [0.4, 0.5) is 4.39 Å². The van der Waals surface area contributed by atoms with E-state index in [1.54, 1.807) is 13.0 Å². The highest BCUT2D eigenvalue weighted by atomic mass is 19.1. The van der Waals surface area contributed by atoms with Crippen LogP contribution in [-0.2, 0) is 14.4 Å². The fourth-order valence-corrected chi connectivity index (χ4v) is 4.84. The summed E-state index contributed by atoms with van der Waals surface area (Å²) in [6.07, 6.45) is 7.03. The van der Waals surface area contributed by atoms with Gasteiger partial charge in [-0.15, -0.1) is 0 Å². The van der Waals surface area contributed by atoms with Crippen molar-refractivity contribution in [3.63, 3.8) is 0 Å². The lowest BCUT2D eigenvalue weighted by atomic mass is 9.84. The first-order valence-electron chi connectivity index (χ1n) is 12.9. The first-order valence-corrected chi connectivity index (χ1v) is 12.9. The second-order valence-corrected chi connectivity index (χ2v) is 10.2. The molecule has 0 unspecified atom stereocenters. The number of piperidine rings is 1. The van der Waals surface area contributed by atoms with E-state index in [1.165, 1.54) is 12.3 Å². The first kappa shape index (κ1) is 25.9. The molecule has 2 heterocycles. The number of imidazole rings is 1. The number of nitrogens with one attached hydrogen (secondary N) is 3. The molecule has 0 radical (unpaired) electrons. The molecular formula is C27H36FN5O3. The van der Waals surface area contributed by atoms with Gasteiger partial charge in [-0.1, -0.05) is 12.5 Å². The van der Waals surface area contributed by atoms with Gasteiger partial charge in [0.2, 0.25) is 17.7 Å². The number of carbonyl (C=O) groups excluding carboxylic acids is 3. The Labute approximate surface area is 211 Å². The molecule has 9 heteroatoms. The molecule has 0 bridgehead atoms. The molecule has 3 atom stereocenters. The molecule has 36 heavy (non-hydrogen) atoms. The molecule has 0 spiro atoms. The van der Waals surface area contributed by atoms with Gasteiger partial charge < -0.3 is 20.5 Å². The Morgan fingerprint density at radius 1 is 1.17 bits per heavy atom. The second-order valence-electron chi connectivity index (χ2n) is 10.2. The van der Waals surface area contributed by atoms with E-state index in [1.807, 2.05) is 24.8 Å². The smallest absolute Gasteiger partial charge is 0.243 e. The van der Waals surface area contributed by atoms with Crippen LogP contribution in [0, 0.1) is 18.7 Å². The van der Waals surface area contributed by atoms with Crippen LogP contribution >= 0.6 is 0 Å². The Hall–Kier alpha value is -3.23. The number of hydrogen-bond acceptors (Lipinski definition) is 4. The Balaban J connectivity index is 1.44. The molecule has 3 N–H and O–H groups in total. The summed E-state index contributed by atoms with van der Waals surface area (Å²) in [4.78, 5) is 48.2. The van der Waals surface area contributed by atoms with Crippen LogP contribution in [0.3, 0.4) is 0 Å². The van der Waals surface area contributed by atoms with Gasteiger partial charge in [0.25, 0.3) is 0 Å². The molecule has 1 aliphatic heterocycles. The minimum atomic E-state index is -0.967. The van der Waals surface area contributed by atoms with Crippen LogP contribution in [0.2, 0.25) is 0 Å². The van der Waals surface area contributed by atoms with E-state index in [-0.39, 0.29) is 36.0 Å². The number of H-pyrrole nitrogens is 1. The van der Waals surface area contributed by atoms with Gasteiger partial charge in [0.05, 0.1) is 24.4 Å². The van der Waals surface area contributed by atoms with Gasteiger partial charge in [0.1, 0.15) is 17.7 Å². The third-order valence-corrected chi connectivity index (χ3v) is 7.39. The average molecular weight is 498 g/mol. The molecule has 1 aromatic heterocycles. The molecule has 2 fully saturated rings. The van der Waals surface area contributed by atoms with Crippen molar-refractivity contribution in [3.8, 4) is 11.3 Å². The molecule has 2 aliphatic rings. The summed E-state index contributed by atoms with van der Waals surface area (Å²) in [5.41, 5.74) is 1.72. The van der Waals surface area contributed by atoms with Crippen LogP contribution in [0.1, 0.15) is 76.2 Å². The number of aryl methyl sites for hydroxylation is 1. The van der Waals surface area contributed by atoms with Crippen LogP contribution < -0.4 is 10.6 Å². The highest BCUT2D eigenvalue weighted by Crippen LogP contribution is 2.27. The zero-order chi connectivity index (χ0) is 25.8. The predicted octanol–water partition coefficient (Wildman–Crippen LogP) is 3.78. The zero-order valence-corrected chi connectivity index (χ0v) is 21.3. The maximum absolute atomic E-state index is 14.4. The quantitative estimate of drug-likeness (QED) is 0.516. The molecule has 1 aromatic carbocycles. The monoisotopic (exact) mass is 497 g/mol. The maximum atomic E-state index is 14.4. The third-order valence-electron chi connectivity index (χ3n) is 7.39. The van der Waals surface area contributed by atoms with Crippen molar-refractivity contribution in [3.05, 3.63) is 41.6 Å². The van der Waals surface area contributed by atoms with Crippen LogP contribution in [-0.4, -0.2) is 51.2 Å². The summed E-state index contributed by atoms with van der Waals surface area (Å²) in [6.45, 7) is 6.27. The third kappa shape index (κ3) is 5.94. The Morgan fingerprint density at radius 2 is 1.94 bits per heavy atom. The van der Waals surface area contributed by atoms with Gasteiger partial charge in [-0.05, 0) is 70.6 Å². The molecule has 3 amide bonds. The highest BCUT2D eigenvalue weighted by Gasteiger charge is 2.33. The fourth-order valence-electron chi connectivity index (χ4n) is 4.84. The van der Waals surface area contributed by atoms with Gasteiger partial charge in [-0.3, -0.25) is 14.4 Å². The predicted molar refractivity (Wildman–Crippen MR) is 134 cm³/mol. The molecule has 2 aromatic rings. The van der Waals surface area contributed by atoms with Crippen molar-refractivity contribution in [2.24, 2.45) is 5.92 Å². The SMILES string of the molecule is Cc1ccc(-c2cnc([C@H](C)NC(=O)[C@H](CC(=O)N3CCCC[C@@H]3C)NC(=O)C3CCC3)[nH]2)c(F)c1. The molecular weight excluding hydrogens is 461 g/mol. The number of amides is 3. The summed E-state index contributed by atoms with van der Waals surface area (Å²) in [5.74, 6) is -0.737. The van der Waals surface area contributed by atoms with Crippen molar-refractivity contribution in [1.29, 1.82) is 0 Å². The zero-order valence-electron chi connectivity index (χ0n) is 21.3. The highest BCUT2D eigenvalue weighted by molar-refractivity contribution is 5.93. The summed E-state index contributed by atoms with van der Waals surface area (Å²) in [5, 5.41) is 5.70. The Morgan fingerprint density at radius 3 is 2.61 bits per heavy atom. The average Bonchev–Trinajstić information content (AvgIpc) is 3.27. The molecule has 1 saturated heterocycles. The van der Waals surface area contributed by atoms with E-state index in [9.17, 15) is 18.8 Å². The van der Waals surface area contributed by atoms with Crippen molar-refractivity contribution >= 4 is 17.7 Å². The number of aromatic amines is 1. The van der Waals surface area contributed by atoms with Crippen molar-refractivity contribution in [2.75, 3.05) is 6.54 Å². The number of aromatic nitrogens is 2. The lowest BCUT2D eigenvalue weighted by Crippen LogP contribution is -2.53. The number of halogens is 1. The standard InChI is InChI=1S/C27H36FN5O3/c1-16-10-11-20(21(28)13-16)23-15-29-25(31-23)18(3)30-27(36)22(32-26(35)19-8-6-9-19)14-24(34)33-12-5-4-7-17(33)2/h10-11,13,15,17-19,22H,4-9,12,14H2,1-3H3,(H,29,31)(H,30,36)(H,32,35)/t17-,18-,22-/m0/s1. The second kappa shape index (κ2) is 11.2. The van der Waals surface area contributed by atoms with Crippen molar-refractivity contribution in [1.82, 2.24) is 25.5 Å². The van der Waals surface area contributed by atoms with Crippen LogP contribution in [0.25, 0.3) is 11.3 Å². The van der Waals surface area contributed by atoms with Gasteiger partial charge >= 0.3 is 0 Å². The number of rotatable bonds is 8. The van der Waals surface area contributed by atoms with E-state index in [0.717, 1.165) is 44.1 Å². The normalized spacial score (nSPS) is 19.8. The van der Waals surface area contributed by atoms with Gasteiger partial charge in [-0.2, -0.15) is 0 Å². The van der Waals surface area contributed by atoms with E-state index in [4.69, 9.17) is 0 Å². The number of hydrogen-bond donors (Lipinski definition) is 3. The number of carbonyl (C=O) groups is 3. The molecule has 1 aliphatic carbocycles. The van der Waals surface area contributed by atoms with Crippen molar-refractivity contribution < 1.29 is 18.8 Å². The number of benzene rings is 1. The summed E-state index contributed by atoms with van der Waals surface area (Å²) in [7, 11) is 0. The van der Waals surface area contributed by atoms with Gasteiger partial charge in [-0.25, -0.2) is 9.37 Å². The summed E-state index contributed by atoms with van der Waals surface area (Å²) in [6, 6.07) is 3.58. The lowest BCUT2D eigenvalue weighted by Gasteiger charge is -2.35. The largest absolute Gasteiger partial charge is 0.345 e. The van der Waals surface area contributed by atoms with Crippen LogP contribution in [0.5, 0.6) is 0 Å². The van der Waals surface area contributed by atoms with E-state index < -0.39 is 18.0 Å². The Bertz CT molecular complexity index is 1110. The first-order chi connectivity index (χ1) is 17.2. The molecule has 8 nitrogen and oxygen atoms in total. The maximum Gasteiger partial charge on any atom is 0.243 e. The fraction of sp³-hybridized carbons (Fsp3) is 0.556. The summed E-state index contributed by atoms with van der Waals surface area (Å²) >= 11 is 0. The van der Waals surface area contributed by atoms with E-state index >= 15 is 0 Å². The minimum absolute atomic E-state index is 0.0840. The molecule has 1 saturated carbocycles. The van der Waals surface area contributed by atoms with Gasteiger partial charge in [0.15, 0.2) is 0 Å². The lowest BCUT2D eigenvalue weighted by molar-refractivity contribution is -0.139. The molecule has 4 rings (SSSR count). The number of nitrogens with zero attached hydrogens (tertiary/aromatic N) is 2. The Kier molecular flexibility index (Phi) is 8.06. The van der Waals surface area contributed by atoms with Crippen LogP contribution in [0.15, 0.2) is 24.4 Å². The van der Waals surface area contributed by atoms with Gasteiger partial charge in [0, 0.05) is 24.1 Å². The topological polar surface area (TPSA) is 107 Å². The summed E-state index contributed by atoms with van der Waals surface area (Å²) < 4.78 is 14.4. The van der Waals surface area contributed by atoms with Crippen molar-refractivity contribution in [2.45, 2.75) is 83.8 Å². The van der Waals surface area contributed by atoms with E-state index in [0.29, 0.717) is 23.6 Å². The molecule has 194 valence electrons.